The van der Waals surface area contributed by atoms with Crippen LogP contribution in [0.1, 0.15) is 56.3 Å². The van der Waals surface area contributed by atoms with Gasteiger partial charge in [0.1, 0.15) is 17.3 Å². The van der Waals surface area contributed by atoms with Gasteiger partial charge in [-0.2, -0.15) is 0 Å². The summed E-state index contributed by atoms with van der Waals surface area (Å²) in [6.07, 6.45) is 3.21. The molecule has 0 fully saturated rings. The second-order valence-electron chi connectivity index (χ2n) is 5.87. The number of amides is 1. The molecule has 0 spiro atoms. The first-order chi connectivity index (χ1) is 9.93. The van der Waals surface area contributed by atoms with Crippen LogP contribution in [0.2, 0.25) is 0 Å². The van der Waals surface area contributed by atoms with Crippen LogP contribution in [0, 0.1) is 12.8 Å². The molecule has 1 rings (SSSR count). The van der Waals surface area contributed by atoms with Crippen LogP contribution in [0.5, 0.6) is 0 Å². The minimum absolute atomic E-state index is 0.119. The lowest BCUT2D eigenvalue weighted by Crippen LogP contribution is -2.27. The minimum Gasteiger partial charge on any atom is -0.360 e. The van der Waals surface area contributed by atoms with Gasteiger partial charge in [-0.25, -0.2) is 9.97 Å². The molecule has 118 valence electrons. The number of aryl methyl sites for hydroxylation is 1. The van der Waals surface area contributed by atoms with Gasteiger partial charge in [0.2, 0.25) is 0 Å². The molecule has 1 aromatic rings. The van der Waals surface area contributed by atoms with Crippen molar-refractivity contribution < 1.29 is 4.79 Å². The Morgan fingerprint density at radius 2 is 2.10 bits per heavy atom. The first-order valence-electron chi connectivity index (χ1n) is 7.79. The fraction of sp³-hybridized carbons (Fsp3) is 0.688. The average Bonchev–Trinajstić information content (AvgIpc) is 2.43. The maximum Gasteiger partial charge on any atom is 0.270 e. The Morgan fingerprint density at radius 3 is 2.71 bits per heavy atom. The van der Waals surface area contributed by atoms with E-state index in [9.17, 15) is 4.79 Å². The molecule has 0 atom stereocenters. The zero-order valence-electron chi connectivity index (χ0n) is 13.9. The quantitative estimate of drug-likeness (QED) is 0.800. The largest absolute Gasteiger partial charge is 0.360 e. The minimum atomic E-state index is -0.119. The highest BCUT2D eigenvalue weighted by Gasteiger charge is 2.12. The van der Waals surface area contributed by atoms with Gasteiger partial charge in [-0.05, 0) is 25.7 Å². The van der Waals surface area contributed by atoms with Gasteiger partial charge < -0.3 is 10.2 Å². The summed E-state index contributed by atoms with van der Waals surface area (Å²) < 4.78 is 0. The molecule has 1 heterocycles. The van der Waals surface area contributed by atoms with E-state index >= 15 is 0 Å². The fourth-order valence-corrected chi connectivity index (χ4v) is 1.94. The van der Waals surface area contributed by atoms with Crippen LogP contribution >= 0.6 is 0 Å². The van der Waals surface area contributed by atoms with Crippen LogP contribution in [0.25, 0.3) is 0 Å². The highest BCUT2D eigenvalue weighted by atomic mass is 16.1. The fourth-order valence-electron chi connectivity index (χ4n) is 1.94. The number of hydrogen-bond acceptors (Lipinski definition) is 4. The smallest absolute Gasteiger partial charge is 0.270 e. The van der Waals surface area contributed by atoms with E-state index in [0.717, 1.165) is 31.6 Å². The van der Waals surface area contributed by atoms with Gasteiger partial charge in [-0.3, -0.25) is 4.79 Å². The van der Waals surface area contributed by atoms with Gasteiger partial charge in [0.15, 0.2) is 0 Å². The summed E-state index contributed by atoms with van der Waals surface area (Å²) in [5.74, 6) is 1.90. The van der Waals surface area contributed by atoms with Crippen molar-refractivity contribution in [3.8, 4) is 0 Å². The van der Waals surface area contributed by atoms with Crippen molar-refractivity contribution in [1.29, 1.82) is 0 Å². The molecule has 0 aliphatic heterocycles. The predicted molar refractivity (Wildman–Crippen MR) is 86.7 cm³/mol. The molecule has 0 radical (unpaired) electrons. The lowest BCUT2D eigenvalue weighted by atomic mass is 10.1. The van der Waals surface area contributed by atoms with Crippen LogP contribution in [-0.2, 0) is 0 Å². The lowest BCUT2D eigenvalue weighted by Gasteiger charge is -2.18. The van der Waals surface area contributed by atoms with Crippen molar-refractivity contribution in [2.75, 3.05) is 25.0 Å². The molecular formula is C16H28N4O. The molecular weight excluding hydrogens is 264 g/mol. The number of hydrogen-bond donors (Lipinski definition) is 1. The maximum atomic E-state index is 12.1. The van der Waals surface area contributed by atoms with Gasteiger partial charge >= 0.3 is 0 Å². The summed E-state index contributed by atoms with van der Waals surface area (Å²) in [5, 5.41) is 2.92. The Hall–Kier alpha value is -1.65. The molecule has 21 heavy (non-hydrogen) atoms. The first kappa shape index (κ1) is 17.4. The number of carbonyl (C=O) groups excluding carboxylic acids is 1. The van der Waals surface area contributed by atoms with E-state index in [4.69, 9.17) is 0 Å². The number of anilines is 1. The summed E-state index contributed by atoms with van der Waals surface area (Å²) in [4.78, 5) is 22.9. The number of carbonyl (C=O) groups is 1. The Bertz CT molecular complexity index is 460. The summed E-state index contributed by atoms with van der Waals surface area (Å²) in [7, 11) is 2.00. The van der Waals surface area contributed by atoms with Gasteiger partial charge in [-0.1, -0.05) is 27.2 Å². The van der Waals surface area contributed by atoms with Gasteiger partial charge in [0.25, 0.3) is 5.91 Å². The first-order valence-corrected chi connectivity index (χ1v) is 7.79. The topological polar surface area (TPSA) is 58.1 Å². The molecule has 0 saturated carbocycles. The van der Waals surface area contributed by atoms with E-state index in [1.807, 2.05) is 14.0 Å². The van der Waals surface area contributed by atoms with Crippen molar-refractivity contribution in [2.24, 2.45) is 5.92 Å². The van der Waals surface area contributed by atoms with Crippen molar-refractivity contribution in [2.45, 2.75) is 47.0 Å². The molecule has 5 nitrogen and oxygen atoms in total. The van der Waals surface area contributed by atoms with Crippen molar-refractivity contribution in [3.63, 3.8) is 0 Å². The van der Waals surface area contributed by atoms with E-state index in [-0.39, 0.29) is 5.91 Å². The standard InChI is InChI=1S/C16H28N4O/c1-6-7-10-20(5)15-11-14(18-13(4)19-15)16(21)17-9-8-12(2)3/h11-12H,6-10H2,1-5H3,(H,17,21). The normalized spacial score (nSPS) is 10.8. The second-order valence-corrected chi connectivity index (χ2v) is 5.87. The van der Waals surface area contributed by atoms with Crippen molar-refractivity contribution in [1.82, 2.24) is 15.3 Å². The third-order valence-corrected chi connectivity index (χ3v) is 3.30. The Labute approximate surface area is 128 Å². The summed E-state index contributed by atoms with van der Waals surface area (Å²) in [6.45, 7) is 9.88. The summed E-state index contributed by atoms with van der Waals surface area (Å²) in [5.41, 5.74) is 0.449. The van der Waals surface area contributed by atoms with Crippen LogP contribution in [-0.4, -0.2) is 36.0 Å². The highest BCUT2D eigenvalue weighted by Crippen LogP contribution is 2.12. The molecule has 0 unspecified atom stereocenters. The van der Waals surface area contributed by atoms with Gasteiger partial charge in [0, 0.05) is 26.2 Å². The number of nitrogens with zero attached hydrogens (tertiary/aromatic N) is 3. The van der Waals surface area contributed by atoms with Crippen molar-refractivity contribution in [3.05, 3.63) is 17.6 Å². The Kier molecular flexibility index (Phi) is 7.12. The molecule has 0 aliphatic carbocycles. The Morgan fingerprint density at radius 1 is 1.38 bits per heavy atom. The number of aromatic nitrogens is 2. The third-order valence-electron chi connectivity index (χ3n) is 3.30. The van der Waals surface area contributed by atoms with E-state index in [1.54, 1.807) is 6.07 Å². The van der Waals surface area contributed by atoms with Crippen LogP contribution in [0.15, 0.2) is 6.07 Å². The molecule has 1 N–H and O–H groups in total. The Balaban J connectivity index is 2.74. The molecule has 1 aromatic heterocycles. The number of unbranched alkanes of at least 4 members (excludes halogenated alkanes) is 1. The molecule has 5 heteroatoms. The average molecular weight is 292 g/mol. The summed E-state index contributed by atoms with van der Waals surface area (Å²) in [6, 6.07) is 1.77. The van der Waals surface area contributed by atoms with Gasteiger partial charge in [-0.15, -0.1) is 0 Å². The SMILES string of the molecule is CCCCN(C)c1cc(C(=O)NCCC(C)C)nc(C)n1. The summed E-state index contributed by atoms with van der Waals surface area (Å²) >= 11 is 0. The van der Waals surface area contributed by atoms with Crippen LogP contribution in [0.3, 0.4) is 0 Å². The van der Waals surface area contributed by atoms with Crippen molar-refractivity contribution >= 4 is 11.7 Å². The van der Waals surface area contributed by atoms with Gasteiger partial charge in [0.05, 0.1) is 0 Å². The molecule has 0 aliphatic rings. The molecule has 0 aromatic carbocycles. The second kappa shape index (κ2) is 8.60. The van der Waals surface area contributed by atoms with E-state index < -0.39 is 0 Å². The monoisotopic (exact) mass is 292 g/mol. The zero-order valence-corrected chi connectivity index (χ0v) is 13.9. The molecule has 1 amide bonds. The maximum absolute atomic E-state index is 12.1. The predicted octanol–water partition coefficient (Wildman–Crippen LogP) is 2.80. The van der Waals surface area contributed by atoms with E-state index in [0.29, 0.717) is 24.0 Å². The van der Waals surface area contributed by atoms with E-state index in [1.165, 1.54) is 0 Å². The number of nitrogens with one attached hydrogen (secondary N) is 1. The van der Waals surface area contributed by atoms with Crippen LogP contribution < -0.4 is 10.2 Å². The number of rotatable bonds is 8. The molecule has 0 saturated heterocycles. The van der Waals surface area contributed by atoms with Crippen LogP contribution in [0.4, 0.5) is 5.82 Å². The highest BCUT2D eigenvalue weighted by molar-refractivity contribution is 5.92. The zero-order chi connectivity index (χ0) is 15.8. The third kappa shape index (κ3) is 6.10. The molecule has 0 bridgehead atoms. The lowest BCUT2D eigenvalue weighted by molar-refractivity contribution is 0.0946. The van der Waals surface area contributed by atoms with E-state index in [2.05, 4.69) is 41.0 Å².